The molecule has 0 spiro atoms. The zero-order chi connectivity index (χ0) is 31.0. The number of aryl methyl sites for hydroxylation is 1. The second-order valence-electron chi connectivity index (χ2n) is 12.2. The fourth-order valence-electron chi connectivity index (χ4n) is 5.24. The Morgan fingerprint density at radius 2 is 1.77 bits per heavy atom. The van der Waals surface area contributed by atoms with Crippen LogP contribution in [0.4, 0.5) is 29.3 Å². The normalized spacial score (nSPS) is 14.6. The number of carbonyl (C=O) groups excluding carboxylic acids is 1. The van der Waals surface area contributed by atoms with Crippen molar-refractivity contribution >= 4 is 40.1 Å². The lowest BCUT2D eigenvalue weighted by Gasteiger charge is -2.34. The molecule has 1 aliphatic rings. The third kappa shape index (κ3) is 9.95. The Morgan fingerprint density at radius 3 is 2.47 bits per heavy atom. The van der Waals surface area contributed by atoms with Crippen LogP contribution >= 0.6 is 11.8 Å². The summed E-state index contributed by atoms with van der Waals surface area (Å²) in [6.07, 6.45) is 2.79. The number of nitrogens with one attached hydrogen (secondary N) is 2. The lowest BCUT2D eigenvalue weighted by molar-refractivity contribution is -0.137. The van der Waals surface area contributed by atoms with Crippen LogP contribution in [0.5, 0.6) is 0 Å². The number of hydrogen-bond acceptors (Lipinski definition) is 6. The maximum absolute atomic E-state index is 13.0. The predicted molar refractivity (Wildman–Crippen MR) is 170 cm³/mol. The van der Waals surface area contributed by atoms with Crippen LogP contribution in [0.1, 0.15) is 70.4 Å². The fourth-order valence-corrected chi connectivity index (χ4v) is 6.29. The van der Waals surface area contributed by atoms with Gasteiger partial charge in [0.05, 0.1) is 11.1 Å². The molecule has 2 aromatic carbocycles. The molecule has 1 saturated heterocycles. The van der Waals surface area contributed by atoms with E-state index in [0.29, 0.717) is 5.52 Å². The molecule has 10 heteroatoms. The summed E-state index contributed by atoms with van der Waals surface area (Å²) >= 11 is 1.68. The third-order valence-electron chi connectivity index (χ3n) is 7.42. The first kappa shape index (κ1) is 32.8. The second kappa shape index (κ2) is 14.6. The van der Waals surface area contributed by atoms with E-state index in [4.69, 9.17) is 4.74 Å². The number of thioether (sulfide) groups is 1. The first-order valence-corrected chi connectivity index (χ1v) is 16.0. The summed E-state index contributed by atoms with van der Waals surface area (Å²) in [7, 11) is 0. The van der Waals surface area contributed by atoms with E-state index >= 15 is 0 Å². The van der Waals surface area contributed by atoms with Gasteiger partial charge in [0.2, 0.25) is 0 Å². The van der Waals surface area contributed by atoms with Gasteiger partial charge in [-0.25, -0.2) is 4.79 Å². The molecule has 43 heavy (non-hydrogen) atoms. The monoisotopic (exact) mass is 616 g/mol. The van der Waals surface area contributed by atoms with Gasteiger partial charge in [-0.1, -0.05) is 18.9 Å². The van der Waals surface area contributed by atoms with Crippen LogP contribution in [0.3, 0.4) is 0 Å². The SMILES string of the molecule is Cc1cc(NCCCCCCSc2ccnc3cc(C(F)(F)F)ccc23)ccc1N1CCC(OC(=O)NC(C)(C)C)CC1. The van der Waals surface area contributed by atoms with Crippen LogP contribution < -0.4 is 15.5 Å². The van der Waals surface area contributed by atoms with Crippen molar-refractivity contribution in [3.05, 3.63) is 59.8 Å². The highest BCUT2D eigenvalue weighted by Crippen LogP contribution is 2.34. The van der Waals surface area contributed by atoms with Gasteiger partial charge in [-0.2, -0.15) is 13.2 Å². The van der Waals surface area contributed by atoms with E-state index in [1.165, 1.54) is 17.3 Å². The summed E-state index contributed by atoms with van der Waals surface area (Å²) in [5.74, 6) is 0.918. The summed E-state index contributed by atoms with van der Waals surface area (Å²) in [6.45, 7) is 10.6. The standard InChI is InChI=1S/C33H43F3N4O2S/c1-23-21-25(10-12-29(23)40-18-14-26(15-19-40)42-31(41)39-32(2,3)4)37-16-7-5-6-8-20-43-30-13-17-38-28-22-24(33(34,35)36)9-11-27(28)30/h9-13,17,21-22,26,37H,5-8,14-16,18-20H2,1-4H3,(H,39,41). The lowest BCUT2D eigenvalue weighted by atomic mass is 10.0. The van der Waals surface area contributed by atoms with Gasteiger partial charge in [-0.3, -0.25) is 4.98 Å². The molecule has 2 heterocycles. The quantitative estimate of drug-likeness (QED) is 0.166. The van der Waals surface area contributed by atoms with E-state index in [1.807, 2.05) is 26.8 Å². The number of unbranched alkanes of at least 4 members (excludes halogenated alkanes) is 3. The van der Waals surface area contributed by atoms with Crippen molar-refractivity contribution in [2.45, 2.75) is 88.9 Å². The molecular weight excluding hydrogens is 573 g/mol. The Morgan fingerprint density at radius 1 is 1.02 bits per heavy atom. The number of halogens is 3. The number of aromatic nitrogens is 1. The minimum Gasteiger partial charge on any atom is -0.446 e. The van der Waals surface area contributed by atoms with Crippen molar-refractivity contribution in [1.29, 1.82) is 0 Å². The number of piperidine rings is 1. The number of pyridine rings is 1. The van der Waals surface area contributed by atoms with E-state index in [-0.39, 0.29) is 17.7 Å². The molecule has 0 aliphatic carbocycles. The van der Waals surface area contributed by atoms with Crippen molar-refractivity contribution in [3.63, 3.8) is 0 Å². The molecule has 3 aromatic rings. The molecule has 1 aliphatic heterocycles. The van der Waals surface area contributed by atoms with Gasteiger partial charge in [0.15, 0.2) is 0 Å². The van der Waals surface area contributed by atoms with Crippen LogP contribution in [0.2, 0.25) is 0 Å². The molecule has 1 amide bonds. The van der Waals surface area contributed by atoms with Crippen molar-refractivity contribution in [2.24, 2.45) is 0 Å². The summed E-state index contributed by atoms with van der Waals surface area (Å²) in [6, 6.07) is 12.2. The maximum atomic E-state index is 13.0. The van der Waals surface area contributed by atoms with E-state index in [0.717, 1.165) is 92.0 Å². The molecule has 2 N–H and O–H groups in total. The molecule has 0 unspecified atom stereocenters. The molecule has 234 valence electrons. The van der Waals surface area contributed by atoms with Crippen LogP contribution in [0, 0.1) is 6.92 Å². The number of benzene rings is 2. The number of carbonyl (C=O) groups is 1. The smallest absolute Gasteiger partial charge is 0.416 e. The Labute approximate surface area is 257 Å². The van der Waals surface area contributed by atoms with E-state index in [2.05, 4.69) is 45.6 Å². The molecular formula is C33H43F3N4O2S. The van der Waals surface area contributed by atoms with Crippen molar-refractivity contribution in [3.8, 4) is 0 Å². The van der Waals surface area contributed by atoms with Crippen molar-refractivity contribution < 1.29 is 22.7 Å². The van der Waals surface area contributed by atoms with Gasteiger partial charge in [-0.05, 0) is 88.3 Å². The van der Waals surface area contributed by atoms with E-state index < -0.39 is 11.7 Å². The molecule has 0 atom stereocenters. The molecule has 0 bridgehead atoms. The predicted octanol–water partition coefficient (Wildman–Crippen LogP) is 8.82. The topological polar surface area (TPSA) is 66.5 Å². The van der Waals surface area contributed by atoms with Gasteiger partial charge < -0.3 is 20.3 Å². The molecule has 0 radical (unpaired) electrons. The lowest BCUT2D eigenvalue weighted by Crippen LogP contribution is -2.44. The number of nitrogens with zero attached hydrogens (tertiary/aromatic N) is 2. The van der Waals surface area contributed by atoms with Crippen LogP contribution in [0.15, 0.2) is 53.6 Å². The van der Waals surface area contributed by atoms with Crippen LogP contribution in [0.25, 0.3) is 10.9 Å². The van der Waals surface area contributed by atoms with Gasteiger partial charge in [0.1, 0.15) is 6.10 Å². The first-order valence-electron chi connectivity index (χ1n) is 15.1. The van der Waals surface area contributed by atoms with Crippen molar-refractivity contribution in [1.82, 2.24) is 10.3 Å². The van der Waals surface area contributed by atoms with Gasteiger partial charge >= 0.3 is 12.3 Å². The third-order valence-corrected chi connectivity index (χ3v) is 8.58. The van der Waals surface area contributed by atoms with Gasteiger partial charge in [0.25, 0.3) is 0 Å². The molecule has 1 aromatic heterocycles. The zero-order valence-electron chi connectivity index (χ0n) is 25.5. The summed E-state index contributed by atoms with van der Waals surface area (Å²) in [5.41, 5.74) is 2.98. The summed E-state index contributed by atoms with van der Waals surface area (Å²) in [4.78, 5) is 19.6. The number of anilines is 2. The Bertz CT molecular complexity index is 1370. The first-order chi connectivity index (χ1) is 20.4. The number of rotatable bonds is 11. The molecule has 0 saturated carbocycles. The maximum Gasteiger partial charge on any atom is 0.416 e. The molecule has 1 fully saturated rings. The number of fused-ring (bicyclic) bond motifs is 1. The highest BCUT2D eigenvalue weighted by molar-refractivity contribution is 7.99. The summed E-state index contributed by atoms with van der Waals surface area (Å²) in [5, 5.41) is 7.17. The Hall–Kier alpha value is -3.14. The summed E-state index contributed by atoms with van der Waals surface area (Å²) < 4.78 is 44.7. The average Bonchev–Trinajstić information content (AvgIpc) is 2.93. The number of amides is 1. The van der Waals surface area contributed by atoms with E-state index in [1.54, 1.807) is 18.0 Å². The molecule has 4 rings (SSSR count). The van der Waals surface area contributed by atoms with Crippen molar-refractivity contribution in [2.75, 3.05) is 35.6 Å². The average molecular weight is 617 g/mol. The number of alkyl carbamates (subject to hydrolysis) is 1. The minimum atomic E-state index is -4.36. The molecule has 6 nitrogen and oxygen atoms in total. The zero-order valence-corrected chi connectivity index (χ0v) is 26.3. The largest absolute Gasteiger partial charge is 0.446 e. The number of alkyl halides is 3. The van der Waals surface area contributed by atoms with Crippen LogP contribution in [-0.4, -0.2) is 48.1 Å². The minimum absolute atomic E-state index is 0.0517. The fraction of sp³-hybridized carbons (Fsp3) is 0.515. The number of hydrogen-bond donors (Lipinski definition) is 2. The highest BCUT2D eigenvalue weighted by Gasteiger charge is 2.30. The second-order valence-corrected chi connectivity index (χ2v) is 13.3. The van der Waals surface area contributed by atoms with E-state index in [9.17, 15) is 18.0 Å². The highest BCUT2D eigenvalue weighted by atomic mass is 32.2. The van der Waals surface area contributed by atoms with Crippen LogP contribution in [-0.2, 0) is 10.9 Å². The number of ether oxygens (including phenoxy) is 1. The van der Waals surface area contributed by atoms with Gasteiger partial charge in [0, 0.05) is 65.9 Å². The van der Waals surface area contributed by atoms with Gasteiger partial charge in [-0.15, -0.1) is 11.8 Å². The Balaban J connectivity index is 1.12. The Kier molecular flexibility index (Phi) is 11.1.